The van der Waals surface area contributed by atoms with Crippen molar-refractivity contribution in [3.05, 3.63) is 11.7 Å². The number of rotatable bonds is 6. The Labute approximate surface area is 114 Å². The third kappa shape index (κ3) is 3.52. The maximum atomic E-state index is 5.76. The first-order valence-electron chi connectivity index (χ1n) is 7.08. The second-order valence-electron chi connectivity index (χ2n) is 5.06. The Hall–Kier alpha value is -0.980. The molecule has 2 heterocycles. The van der Waals surface area contributed by atoms with Crippen LogP contribution in [0.3, 0.4) is 0 Å². The van der Waals surface area contributed by atoms with Crippen molar-refractivity contribution in [3.63, 3.8) is 0 Å². The fraction of sp³-hybridized carbons (Fsp3) is 0.846. The van der Waals surface area contributed by atoms with Gasteiger partial charge in [-0.25, -0.2) is 0 Å². The predicted octanol–water partition coefficient (Wildman–Crippen LogP) is 1.14. The van der Waals surface area contributed by atoms with Gasteiger partial charge >= 0.3 is 0 Å². The summed E-state index contributed by atoms with van der Waals surface area (Å²) in [7, 11) is 0. The molecule has 6 heteroatoms. The van der Waals surface area contributed by atoms with E-state index in [-0.39, 0.29) is 0 Å². The van der Waals surface area contributed by atoms with Gasteiger partial charge in [0.2, 0.25) is 11.7 Å². The quantitative estimate of drug-likeness (QED) is 0.834. The molecule has 1 aliphatic heterocycles. The summed E-state index contributed by atoms with van der Waals surface area (Å²) in [5.41, 5.74) is -0.444. The van der Waals surface area contributed by atoms with Gasteiger partial charge in [0.15, 0.2) is 0 Å². The van der Waals surface area contributed by atoms with E-state index in [9.17, 15) is 0 Å². The van der Waals surface area contributed by atoms with Gasteiger partial charge in [0.1, 0.15) is 5.60 Å². The van der Waals surface area contributed by atoms with Crippen molar-refractivity contribution < 1.29 is 9.26 Å². The van der Waals surface area contributed by atoms with Gasteiger partial charge in [-0.3, -0.25) is 4.90 Å². The second kappa shape index (κ2) is 6.45. The molecule has 1 atom stereocenters. The zero-order valence-corrected chi connectivity index (χ0v) is 12.1. The summed E-state index contributed by atoms with van der Waals surface area (Å²) in [5.74, 6) is 1.33. The molecule has 0 bridgehead atoms. The monoisotopic (exact) mass is 268 g/mol. The van der Waals surface area contributed by atoms with Crippen molar-refractivity contribution in [2.24, 2.45) is 0 Å². The molecule has 1 aliphatic rings. The van der Waals surface area contributed by atoms with Crippen LogP contribution >= 0.6 is 0 Å². The van der Waals surface area contributed by atoms with Gasteiger partial charge in [0.05, 0.1) is 6.54 Å². The average Bonchev–Trinajstić information content (AvgIpc) is 2.89. The Bertz CT molecular complexity index is 390. The Morgan fingerprint density at radius 2 is 2.11 bits per heavy atom. The number of hydrogen-bond acceptors (Lipinski definition) is 6. The van der Waals surface area contributed by atoms with E-state index in [4.69, 9.17) is 9.26 Å². The first-order chi connectivity index (χ1) is 9.18. The van der Waals surface area contributed by atoms with Crippen LogP contribution in [-0.4, -0.2) is 47.8 Å². The van der Waals surface area contributed by atoms with Crippen molar-refractivity contribution >= 4 is 0 Å². The third-order valence-corrected chi connectivity index (χ3v) is 3.65. The van der Waals surface area contributed by atoms with E-state index in [0.717, 1.165) is 39.1 Å². The SMILES string of the molecule is CCOC(C)(CC)c1noc(CN2CCNCC2)n1. The molecular weight excluding hydrogens is 244 g/mol. The predicted molar refractivity (Wildman–Crippen MR) is 71.7 cm³/mol. The van der Waals surface area contributed by atoms with Gasteiger partial charge in [-0.2, -0.15) is 4.98 Å². The zero-order valence-electron chi connectivity index (χ0n) is 12.1. The summed E-state index contributed by atoms with van der Waals surface area (Å²) in [5, 5.41) is 7.42. The molecule has 1 unspecified atom stereocenters. The maximum absolute atomic E-state index is 5.76. The number of ether oxygens (including phenoxy) is 1. The van der Waals surface area contributed by atoms with E-state index in [2.05, 4.69) is 27.3 Å². The molecule has 1 aromatic rings. The molecular formula is C13H24N4O2. The van der Waals surface area contributed by atoms with Crippen LogP contribution in [0.15, 0.2) is 4.52 Å². The number of piperazine rings is 1. The van der Waals surface area contributed by atoms with E-state index < -0.39 is 5.60 Å². The van der Waals surface area contributed by atoms with Crippen LogP contribution in [0.2, 0.25) is 0 Å². The molecule has 6 nitrogen and oxygen atoms in total. The summed E-state index contributed by atoms with van der Waals surface area (Å²) >= 11 is 0. The lowest BCUT2D eigenvalue weighted by Gasteiger charge is -2.25. The summed E-state index contributed by atoms with van der Waals surface area (Å²) in [4.78, 5) is 6.82. The molecule has 0 saturated carbocycles. The fourth-order valence-corrected chi connectivity index (χ4v) is 2.24. The largest absolute Gasteiger partial charge is 0.367 e. The summed E-state index contributed by atoms with van der Waals surface area (Å²) in [6.45, 7) is 11.5. The molecule has 0 spiro atoms. The maximum Gasteiger partial charge on any atom is 0.240 e. The highest BCUT2D eigenvalue weighted by Crippen LogP contribution is 2.26. The third-order valence-electron chi connectivity index (χ3n) is 3.65. The lowest BCUT2D eigenvalue weighted by Crippen LogP contribution is -2.42. The molecule has 1 fully saturated rings. The number of nitrogens with zero attached hydrogens (tertiary/aromatic N) is 3. The van der Waals surface area contributed by atoms with Crippen LogP contribution in [0.1, 0.15) is 38.9 Å². The van der Waals surface area contributed by atoms with Crippen molar-refractivity contribution in [3.8, 4) is 0 Å². The normalized spacial score (nSPS) is 20.4. The molecule has 1 N–H and O–H groups in total. The highest BCUT2D eigenvalue weighted by atomic mass is 16.5. The lowest BCUT2D eigenvalue weighted by atomic mass is 10.0. The summed E-state index contributed by atoms with van der Waals surface area (Å²) in [6, 6.07) is 0. The van der Waals surface area contributed by atoms with E-state index in [1.807, 2.05) is 13.8 Å². The van der Waals surface area contributed by atoms with Crippen LogP contribution in [0.5, 0.6) is 0 Å². The van der Waals surface area contributed by atoms with Crippen LogP contribution in [0.4, 0.5) is 0 Å². The van der Waals surface area contributed by atoms with E-state index in [1.165, 1.54) is 0 Å². The highest BCUT2D eigenvalue weighted by molar-refractivity contribution is 4.99. The standard InChI is InChI=1S/C13H24N4O2/c1-4-13(3,18-5-2)12-15-11(19-16-12)10-17-8-6-14-7-9-17/h14H,4-10H2,1-3H3. The van der Waals surface area contributed by atoms with Crippen molar-refractivity contribution in [1.29, 1.82) is 0 Å². The highest BCUT2D eigenvalue weighted by Gasteiger charge is 2.31. The summed E-state index contributed by atoms with van der Waals surface area (Å²) < 4.78 is 11.1. The van der Waals surface area contributed by atoms with Crippen LogP contribution in [0, 0.1) is 0 Å². The van der Waals surface area contributed by atoms with E-state index >= 15 is 0 Å². The minimum absolute atomic E-state index is 0.444. The number of hydrogen-bond donors (Lipinski definition) is 1. The fourth-order valence-electron chi connectivity index (χ4n) is 2.24. The first kappa shape index (κ1) is 14.4. The smallest absolute Gasteiger partial charge is 0.240 e. The Kier molecular flexibility index (Phi) is 4.90. The van der Waals surface area contributed by atoms with Gasteiger partial charge in [0.25, 0.3) is 0 Å². The second-order valence-corrected chi connectivity index (χ2v) is 5.06. The van der Waals surface area contributed by atoms with Crippen molar-refractivity contribution in [1.82, 2.24) is 20.4 Å². The Morgan fingerprint density at radius 1 is 1.37 bits per heavy atom. The minimum atomic E-state index is -0.444. The minimum Gasteiger partial charge on any atom is -0.367 e. The molecule has 0 aromatic carbocycles. The molecule has 1 aromatic heterocycles. The number of nitrogens with one attached hydrogen (secondary N) is 1. The van der Waals surface area contributed by atoms with Gasteiger partial charge < -0.3 is 14.6 Å². The Balaban J connectivity index is 2.01. The van der Waals surface area contributed by atoms with Crippen molar-refractivity contribution in [2.45, 2.75) is 39.3 Å². The molecule has 0 aliphatic carbocycles. The van der Waals surface area contributed by atoms with Crippen LogP contribution < -0.4 is 5.32 Å². The zero-order chi connectivity index (χ0) is 13.7. The number of aromatic nitrogens is 2. The summed E-state index contributed by atoms with van der Waals surface area (Å²) in [6.07, 6.45) is 0.827. The van der Waals surface area contributed by atoms with Crippen LogP contribution in [-0.2, 0) is 16.9 Å². The average molecular weight is 268 g/mol. The molecule has 2 rings (SSSR count). The molecule has 0 amide bonds. The van der Waals surface area contributed by atoms with Gasteiger partial charge in [-0.05, 0) is 20.3 Å². The van der Waals surface area contributed by atoms with E-state index in [0.29, 0.717) is 18.3 Å². The topological polar surface area (TPSA) is 63.4 Å². The first-order valence-corrected chi connectivity index (χ1v) is 7.08. The molecule has 0 radical (unpaired) electrons. The molecule has 19 heavy (non-hydrogen) atoms. The Morgan fingerprint density at radius 3 is 2.74 bits per heavy atom. The van der Waals surface area contributed by atoms with Crippen molar-refractivity contribution in [2.75, 3.05) is 32.8 Å². The molecule has 1 saturated heterocycles. The van der Waals surface area contributed by atoms with E-state index in [1.54, 1.807) is 0 Å². The van der Waals surface area contributed by atoms with Gasteiger partial charge in [-0.1, -0.05) is 12.1 Å². The van der Waals surface area contributed by atoms with Gasteiger partial charge in [-0.15, -0.1) is 0 Å². The lowest BCUT2D eigenvalue weighted by molar-refractivity contribution is -0.0403. The van der Waals surface area contributed by atoms with Crippen LogP contribution in [0.25, 0.3) is 0 Å². The molecule has 108 valence electrons. The van der Waals surface area contributed by atoms with Gasteiger partial charge in [0, 0.05) is 32.8 Å².